The zero-order chi connectivity index (χ0) is 13.5. The summed E-state index contributed by atoms with van der Waals surface area (Å²) in [4.78, 5) is 2.33. The number of halogens is 1. The van der Waals surface area contributed by atoms with Gasteiger partial charge in [-0.05, 0) is 44.0 Å². The van der Waals surface area contributed by atoms with Gasteiger partial charge in [0.1, 0.15) is 12.4 Å². The number of rotatable bonds is 6. The molecule has 0 aliphatic carbocycles. The van der Waals surface area contributed by atoms with E-state index in [-0.39, 0.29) is 0 Å². The van der Waals surface area contributed by atoms with Crippen molar-refractivity contribution in [2.45, 2.75) is 12.8 Å². The van der Waals surface area contributed by atoms with Crippen LogP contribution in [0.5, 0.6) is 5.75 Å². The summed E-state index contributed by atoms with van der Waals surface area (Å²) in [5.41, 5.74) is 0. The first-order valence-corrected chi connectivity index (χ1v) is 7.68. The van der Waals surface area contributed by atoms with Crippen LogP contribution in [-0.2, 0) is 4.74 Å². The molecule has 1 unspecified atom stereocenters. The van der Waals surface area contributed by atoms with Gasteiger partial charge < -0.3 is 14.4 Å². The van der Waals surface area contributed by atoms with Crippen LogP contribution >= 0.6 is 15.9 Å². The summed E-state index contributed by atoms with van der Waals surface area (Å²) in [6.45, 7) is 4.62. The largest absolute Gasteiger partial charge is 0.492 e. The van der Waals surface area contributed by atoms with E-state index in [2.05, 4.69) is 27.9 Å². The topological polar surface area (TPSA) is 21.7 Å². The highest BCUT2D eigenvalue weighted by Gasteiger charge is 2.15. The predicted molar refractivity (Wildman–Crippen MR) is 80.7 cm³/mol. The lowest BCUT2D eigenvalue weighted by Gasteiger charge is -2.27. The van der Waals surface area contributed by atoms with Crippen LogP contribution in [0.4, 0.5) is 0 Å². The Morgan fingerprint density at radius 1 is 1.47 bits per heavy atom. The maximum absolute atomic E-state index is 5.74. The summed E-state index contributed by atoms with van der Waals surface area (Å²) in [7, 11) is 2.15. The third-order valence-corrected chi connectivity index (χ3v) is 3.86. The Hall–Kier alpha value is -0.580. The molecule has 1 aromatic rings. The van der Waals surface area contributed by atoms with Crippen molar-refractivity contribution in [3.8, 4) is 5.75 Å². The number of benzene rings is 1. The first-order chi connectivity index (χ1) is 9.24. The normalized spacial score (nSPS) is 19.6. The second kappa shape index (κ2) is 7.88. The number of nitrogens with zero attached hydrogens (tertiary/aromatic N) is 1. The van der Waals surface area contributed by atoms with Crippen molar-refractivity contribution in [2.75, 3.05) is 40.0 Å². The van der Waals surface area contributed by atoms with E-state index >= 15 is 0 Å². The lowest BCUT2D eigenvalue weighted by Crippen LogP contribution is -2.33. The molecule has 0 spiro atoms. The number of hydrogen-bond donors (Lipinski definition) is 0. The third kappa shape index (κ3) is 5.51. The highest BCUT2D eigenvalue weighted by atomic mass is 79.9. The van der Waals surface area contributed by atoms with Crippen molar-refractivity contribution in [3.05, 3.63) is 28.7 Å². The molecule has 106 valence electrons. The zero-order valence-electron chi connectivity index (χ0n) is 11.5. The van der Waals surface area contributed by atoms with Crippen molar-refractivity contribution < 1.29 is 9.47 Å². The van der Waals surface area contributed by atoms with Crippen LogP contribution in [0.1, 0.15) is 12.8 Å². The first-order valence-electron chi connectivity index (χ1n) is 6.88. The quantitative estimate of drug-likeness (QED) is 0.801. The van der Waals surface area contributed by atoms with Gasteiger partial charge in [0.2, 0.25) is 0 Å². The van der Waals surface area contributed by atoms with Gasteiger partial charge in [0.15, 0.2) is 0 Å². The minimum Gasteiger partial charge on any atom is -0.492 e. The molecule has 4 heteroatoms. The summed E-state index contributed by atoms with van der Waals surface area (Å²) in [5, 5.41) is 0. The van der Waals surface area contributed by atoms with Gasteiger partial charge >= 0.3 is 0 Å². The van der Waals surface area contributed by atoms with Gasteiger partial charge in [-0.3, -0.25) is 0 Å². The summed E-state index contributed by atoms with van der Waals surface area (Å²) in [6.07, 6.45) is 2.49. The van der Waals surface area contributed by atoms with Crippen LogP contribution in [0, 0.1) is 5.92 Å². The standard InChI is InChI=1S/C15H22BrNO2/c1-17(11-13-4-3-8-18-12-13)7-9-19-15-6-2-5-14(16)10-15/h2,5-6,10,13H,3-4,7-9,11-12H2,1H3. The van der Waals surface area contributed by atoms with Gasteiger partial charge in [0, 0.05) is 24.2 Å². The SMILES string of the molecule is CN(CCOc1cccc(Br)c1)CC1CCCOC1. The molecule has 0 saturated carbocycles. The molecule has 1 aliphatic heterocycles. The molecule has 2 rings (SSSR count). The number of likely N-dealkylation sites (N-methyl/N-ethyl adjacent to an activating group) is 1. The van der Waals surface area contributed by atoms with E-state index in [0.29, 0.717) is 5.92 Å². The van der Waals surface area contributed by atoms with E-state index < -0.39 is 0 Å². The summed E-state index contributed by atoms with van der Waals surface area (Å²) < 4.78 is 12.3. The fourth-order valence-electron chi connectivity index (χ4n) is 2.36. The molecule has 1 fully saturated rings. The fourth-order valence-corrected chi connectivity index (χ4v) is 2.74. The average molecular weight is 328 g/mol. The van der Waals surface area contributed by atoms with Gasteiger partial charge in [0.05, 0.1) is 6.61 Å². The smallest absolute Gasteiger partial charge is 0.120 e. The van der Waals surface area contributed by atoms with E-state index in [1.54, 1.807) is 0 Å². The Morgan fingerprint density at radius 2 is 2.37 bits per heavy atom. The Labute approximate surface area is 124 Å². The van der Waals surface area contributed by atoms with Crippen molar-refractivity contribution in [3.63, 3.8) is 0 Å². The molecule has 0 amide bonds. The summed E-state index contributed by atoms with van der Waals surface area (Å²) in [6, 6.07) is 7.97. The predicted octanol–water partition coefficient (Wildman–Crippen LogP) is 3.19. The molecule has 3 nitrogen and oxygen atoms in total. The lowest BCUT2D eigenvalue weighted by molar-refractivity contribution is 0.0405. The highest BCUT2D eigenvalue weighted by molar-refractivity contribution is 9.10. The molecule has 1 atom stereocenters. The van der Waals surface area contributed by atoms with Crippen molar-refractivity contribution in [2.24, 2.45) is 5.92 Å². The second-order valence-electron chi connectivity index (χ2n) is 5.15. The molecule has 1 saturated heterocycles. The minimum absolute atomic E-state index is 0.685. The molecule has 0 bridgehead atoms. The maximum Gasteiger partial charge on any atom is 0.120 e. The Morgan fingerprint density at radius 3 is 3.11 bits per heavy atom. The van der Waals surface area contributed by atoms with E-state index in [1.165, 1.54) is 12.8 Å². The van der Waals surface area contributed by atoms with E-state index in [4.69, 9.17) is 9.47 Å². The van der Waals surface area contributed by atoms with Crippen LogP contribution in [0.2, 0.25) is 0 Å². The third-order valence-electron chi connectivity index (χ3n) is 3.36. The molecule has 1 aromatic carbocycles. The van der Waals surface area contributed by atoms with E-state index in [9.17, 15) is 0 Å². The minimum atomic E-state index is 0.685. The Kier molecular flexibility index (Phi) is 6.14. The highest BCUT2D eigenvalue weighted by Crippen LogP contribution is 2.18. The van der Waals surface area contributed by atoms with Crippen LogP contribution in [-0.4, -0.2) is 44.9 Å². The van der Waals surface area contributed by atoms with Gasteiger partial charge in [-0.1, -0.05) is 22.0 Å². The van der Waals surface area contributed by atoms with Gasteiger partial charge in [0.25, 0.3) is 0 Å². The molecule has 19 heavy (non-hydrogen) atoms. The van der Waals surface area contributed by atoms with Gasteiger partial charge in [-0.15, -0.1) is 0 Å². The van der Waals surface area contributed by atoms with Crippen LogP contribution in [0.15, 0.2) is 28.7 Å². The molecule has 0 radical (unpaired) electrons. The van der Waals surface area contributed by atoms with Crippen LogP contribution in [0.25, 0.3) is 0 Å². The lowest BCUT2D eigenvalue weighted by atomic mass is 10.0. The van der Waals surface area contributed by atoms with Crippen molar-refractivity contribution in [1.29, 1.82) is 0 Å². The Balaban J connectivity index is 1.64. The zero-order valence-corrected chi connectivity index (χ0v) is 13.1. The van der Waals surface area contributed by atoms with Gasteiger partial charge in [-0.2, -0.15) is 0 Å². The average Bonchev–Trinajstić information content (AvgIpc) is 2.40. The molecule has 1 aliphatic rings. The van der Waals surface area contributed by atoms with Crippen molar-refractivity contribution >= 4 is 15.9 Å². The van der Waals surface area contributed by atoms with Crippen LogP contribution < -0.4 is 4.74 Å². The second-order valence-corrected chi connectivity index (χ2v) is 6.07. The molecule has 0 aromatic heterocycles. The number of hydrogen-bond acceptors (Lipinski definition) is 3. The van der Waals surface area contributed by atoms with Crippen molar-refractivity contribution in [1.82, 2.24) is 4.90 Å². The van der Waals surface area contributed by atoms with Gasteiger partial charge in [-0.25, -0.2) is 0 Å². The molecule has 1 heterocycles. The maximum atomic E-state index is 5.74. The Bertz CT molecular complexity index is 380. The number of ether oxygens (including phenoxy) is 2. The summed E-state index contributed by atoms with van der Waals surface area (Å²) in [5.74, 6) is 1.60. The fraction of sp³-hybridized carbons (Fsp3) is 0.600. The van der Waals surface area contributed by atoms with Crippen LogP contribution in [0.3, 0.4) is 0 Å². The van der Waals surface area contributed by atoms with E-state index in [1.807, 2.05) is 24.3 Å². The molecular formula is C15H22BrNO2. The van der Waals surface area contributed by atoms with E-state index in [0.717, 1.165) is 43.1 Å². The monoisotopic (exact) mass is 327 g/mol. The summed E-state index contributed by atoms with van der Waals surface area (Å²) >= 11 is 3.44. The molecular weight excluding hydrogens is 306 g/mol. The first kappa shape index (κ1) is 14.8. The molecule has 0 N–H and O–H groups in total.